The standard InChI is InChI=1S/C15H24N4O.ClH/c1-10(11-5-6-11)19-14(7-8-17-19)18-15(20)9-12-3-2-4-13(12)16;/h7-8,10-13H,2-6,9,16H2,1H3,(H,18,20);1H/t10?,12-,13+;/m0./s1. The summed E-state index contributed by atoms with van der Waals surface area (Å²) in [6, 6.07) is 2.44. The van der Waals surface area contributed by atoms with Crippen LogP contribution in [-0.2, 0) is 4.79 Å². The molecular formula is C15H25ClN4O. The second-order valence-corrected chi connectivity index (χ2v) is 6.35. The fourth-order valence-electron chi connectivity index (χ4n) is 3.27. The molecule has 2 aliphatic carbocycles. The number of nitrogens with zero attached hydrogens (tertiary/aromatic N) is 2. The molecule has 1 amide bonds. The van der Waals surface area contributed by atoms with Gasteiger partial charge < -0.3 is 11.1 Å². The number of amides is 1. The van der Waals surface area contributed by atoms with Crippen LogP contribution in [0.1, 0.15) is 51.5 Å². The number of carbonyl (C=O) groups is 1. The monoisotopic (exact) mass is 312 g/mol. The number of rotatable bonds is 5. The molecule has 3 N–H and O–H groups in total. The van der Waals surface area contributed by atoms with E-state index in [-0.39, 0.29) is 24.4 Å². The lowest BCUT2D eigenvalue weighted by molar-refractivity contribution is -0.117. The van der Waals surface area contributed by atoms with Gasteiger partial charge in [-0.2, -0.15) is 5.10 Å². The van der Waals surface area contributed by atoms with Crippen molar-refractivity contribution >= 4 is 24.1 Å². The Bertz CT molecular complexity index is 486. The van der Waals surface area contributed by atoms with Crippen molar-refractivity contribution < 1.29 is 4.79 Å². The quantitative estimate of drug-likeness (QED) is 0.878. The number of anilines is 1. The number of hydrogen-bond acceptors (Lipinski definition) is 3. The van der Waals surface area contributed by atoms with Crippen LogP contribution in [0.2, 0.25) is 0 Å². The molecule has 5 nitrogen and oxygen atoms in total. The third kappa shape index (κ3) is 3.77. The van der Waals surface area contributed by atoms with E-state index < -0.39 is 0 Å². The fraction of sp³-hybridized carbons (Fsp3) is 0.733. The summed E-state index contributed by atoms with van der Waals surface area (Å²) in [5.74, 6) is 1.94. The van der Waals surface area contributed by atoms with Gasteiger partial charge >= 0.3 is 0 Å². The summed E-state index contributed by atoms with van der Waals surface area (Å²) >= 11 is 0. The van der Waals surface area contributed by atoms with Gasteiger partial charge in [-0.3, -0.25) is 4.79 Å². The number of hydrogen-bond donors (Lipinski definition) is 2. The van der Waals surface area contributed by atoms with Crippen LogP contribution in [-0.4, -0.2) is 21.7 Å². The van der Waals surface area contributed by atoms with Crippen LogP contribution in [0.5, 0.6) is 0 Å². The van der Waals surface area contributed by atoms with Gasteiger partial charge in [0, 0.05) is 18.5 Å². The van der Waals surface area contributed by atoms with E-state index in [0.29, 0.717) is 24.3 Å². The topological polar surface area (TPSA) is 72.9 Å². The first-order valence-corrected chi connectivity index (χ1v) is 7.74. The van der Waals surface area contributed by atoms with E-state index in [1.54, 1.807) is 6.20 Å². The Morgan fingerprint density at radius 2 is 2.24 bits per heavy atom. The average molecular weight is 313 g/mol. The molecule has 0 radical (unpaired) electrons. The summed E-state index contributed by atoms with van der Waals surface area (Å²) < 4.78 is 1.95. The molecule has 2 saturated carbocycles. The minimum absolute atomic E-state index is 0. The Labute approximate surface area is 132 Å². The second-order valence-electron chi connectivity index (χ2n) is 6.35. The second kappa shape index (κ2) is 6.79. The van der Waals surface area contributed by atoms with Gasteiger partial charge in [-0.15, -0.1) is 12.4 Å². The maximum atomic E-state index is 12.2. The molecule has 1 unspecified atom stereocenters. The van der Waals surface area contributed by atoms with Crippen LogP contribution in [0, 0.1) is 11.8 Å². The van der Waals surface area contributed by atoms with Gasteiger partial charge in [0.15, 0.2) is 0 Å². The van der Waals surface area contributed by atoms with Crippen LogP contribution in [0.25, 0.3) is 0 Å². The van der Waals surface area contributed by atoms with Crippen LogP contribution < -0.4 is 11.1 Å². The van der Waals surface area contributed by atoms with E-state index in [0.717, 1.165) is 25.1 Å². The molecule has 0 saturated heterocycles. The molecule has 0 aliphatic heterocycles. The van der Waals surface area contributed by atoms with Crippen molar-refractivity contribution in [1.29, 1.82) is 0 Å². The highest BCUT2D eigenvalue weighted by atomic mass is 35.5. The van der Waals surface area contributed by atoms with Crippen molar-refractivity contribution in [2.45, 2.75) is 57.5 Å². The van der Waals surface area contributed by atoms with Crippen molar-refractivity contribution in [1.82, 2.24) is 9.78 Å². The zero-order valence-corrected chi connectivity index (χ0v) is 13.3. The number of carbonyl (C=O) groups excluding carboxylic acids is 1. The van der Waals surface area contributed by atoms with Crippen LogP contribution in [0.4, 0.5) is 5.82 Å². The molecule has 0 bridgehead atoms. The zero-order chi connectivity index (χ0) is 14.1. The predicted molar refractivity (Wildman–Crippen MR) is 85.5 cm³/mol. The van der Waals surface area contributed by atoms with Gasteiger partial charge in [-0.1, -0.05) is 6.42 Å². The van der Waals surface area contributed by atoms with Gasteiger partial charge in [0.1, 0.15) is 5.82 Å². The average Bonchev–Trinajstić information content (AvgIpc) is 3.06. The molecule has 1 heterocycles. The summed E-state index contributed by atoms with van der Waals surface area (Å²) in [5.41, 5.74) is 6.03. The molecule has 6 heteroatoms. The lowest BCUT2D eigenvalue weighted by atomic mass is 10.00. The molecule has 0 aromatic carbocycles. The smallest absolute Gasteiger partial charge is 0.225 e. The molecule has 3 rings (SSSR count). The lowest BCUT2D eigenvalue weighted by Crippen LogP contribution is -2.28. The molecule has 118 valence electrons. The highest BCUT2D eigenvalue weighted by Gasteiger charge is 2.31. The van der Waals surface area contributed by atoms with Gasteiger partial charge in [0.2, 0.25) is 5.91 Å². The highest BCUT2D eigenvalue weighted by Crippen LogP contribution is 2.40. The Kier molecular flexibility index (Phi) is 5.27. The van der Waals surface area contributed by atoms with E-state index in [9.17, 15) is 4.79 Å². The summed E-state index contributed by atoms with van der Waals surface area (Å²) in [4.78, 5) is 12.2. The van der Waals surface area contributed by atoms with Gasteiger partial charge in [0.05, 0.1) is 12.2 Å². The first kappa shape index (κ1) is 16.3. The molecule has 1 aromatic heterocycles. The van der Waals surface area contributed by atoms with Crippen LogP contribution >= 0.6 is 12.4 Å². The maximum absolute atomic E-state index is 12.2. The van der Waals surface area contributed by atoms with Crippen LogP contribution in [0.3, 0.4) is 0 Å². The number of halogens is 1. The van der Waals surface area contributed by atoms with Crippen molar-refractivity contribution in [3.05, 3.63) is 12.3 Å². The molecular weight excluding hydrogens is 288 g/mol. The molecule has 1 aromatic rings. The minimum atomic E-state index is 0. The molecule has 21 heavy (non-hydrogen) atoms. The Hall–Kier alpha value is -1.07. The molecule has 3 atom stereocenters. The summed E-state index contributed by atoms with van der Waals surface area (Å²) in [5, 5.41) is 7.36. The first-order chi connectivity index (χ1) is 9.65. The van der Waals surface area contributed by atoms with E-state index in [1.165, 1.54) is 12.8 Å². The normalized spacial score (nSPS) is 26.2. The largest absolute Gasteiger partial charge is 0.327 e. The van der Waals surface area contributed by atoms with Crippen molar-refractivity contribution in [2.24, 2.45) is 17.6 Å². The molecule has 0 spiro atoms. The lowest BCUT2D eigenvalue weighted by Gasteiger charge is -2.17. The van der Waals surface area contributed by atoms with E-state index >= 15 is 0 Å². The third-order valence-corrected chi connectivity index (χ3v) is 4.79. The van der Waals surface area contributed by atoms with Gasteiger partial charge in [-0.05, 0) is 44.4 Å². The SMILES string of the molecule is CC(C1CC1)n1nccc1NC(=O)C[C@@H]1CCC[C@H]1N.Cl. The predicted octanol–water partition coefficient (Wildman–Crippen LogP) is 2.73. The van der Waals surface area contributed by atoms with Gasteiger partial charge in [0.25, 0.3) is 0 Å². The van der Waals surface area contributed by atoms with E-state index in [2.05, 4.69) is 17.3 Å². The van der Waals surface area contributed by atoms with Crippen molar-refractivity contribution in [3.8, 4) is 0 Å². The molecule has 2 fully saturated rings. The Balaban J connectivity index is 0.00000161. The summed E-state index contributed by atoms with van der Waals surface area (Å²) in [6.45, 7) is 2.17. The van der Waals surface area contributed by atoms with E-state index in [1.807, 2.05) is 10.7 Å². The fourth-order valence-corrected chi connectivity index (χ4v) is 3.27. The minimum Gasteiger partial charge on any atom is -0.327 e. The van der Waals surface area contributed by atoms with Gasteiger partial charge in [-0.25, -0.2) is 4.68 Å². The first-order valence-electron chi connectivity index (χ1n) is 7.74. The number of aromatic nitrogens is 2. The van der Waals surface area contributed by atoms with Crippen LogP contribution in [0.15, 0.2) is 12.3 Å². The Morgan fingerprint density at radius 3 is 2.86 bits per heavy atom. The zero-order valence-electron chi connectivity index (χ0n) is 12.5. The molecule has 2 aliphatic rings. The van der Waals surface area contributed by atoms with Crippen molar-refractivity contribution in [3.63, 3.8) is 0 Å². The highest BCUT2D eigenvalue weighted by molar-refractivity contribution is 5.90. The van der Waals surface area contributed by atoms with E-state index in [4.69, 9.17) is 5.73 Å². The van der Waals surface area contributed by atoms with Crippen molar-refractivity contribution in [2.75, 3.05) is 5.32 Å². The third-order valence-electron chi connectivity index (χ3n) is 4.79. The Morgan fingerprint density at radius 1 is 1.48 bits per heavy atom. The summed E-state index contributed by atoms with van der Waals surface area (Å²) in [6.07, 6.45) is 8.10. The number of nitrogens with two attached hydrogens (primary N) is 1. The maximum Gasteiger partial charge on any atom is 0.225 e. The number of nitrogens with one attached hydrogen (secondary N) is 1. The summed E-state index contributed by atoms with van der Waals surface area (Å²) in [7, 11) is 0.